The number of rotatable bonds is 4. The molecule has 0 radical (unpaired) electrons. The van der Waals surface area contributed by atoms with Crippen LogP contribution >= 0.6 is 23.1 Å². The first kappa shape index (κ1) is 12.5. The smallest absolute Gasteiger partial charge is 0.159 e. The fourth-order valence-corrected chi connectivity index (χ4v) is 3.16. The molecule has 1 atom stereocenters. The lowest BCUT2D eigenvalue weighted by atomic mass is 10.1. The first-order chi connectivity index (χ1) is 8.16. The van der Waals surface area contributed by atoms with E-state index in [0.29, 0.717) is 11.3 Å². The summed E-state index contributed by atoms with van der Waals surface area (Å²) in [4.78, 5) is 0. The Morgan fingerprint density at radius 1 is 1.24 bits per heavy atom. The molecule has 1 unspecified atom stereocenters. The minimum Gasteiger partial charge on any atom is -0.323 e. The van der Waals surface area contributed by atoms with Crippen molar-refractivity contribution >= 4 is 23.1 Å². The van der Waals surface area contributed by atoms with Gasteiger partial charge in [0.1, 0.15) is 0 Å². The molecule has 90 valence electrons. The van der Waals surface area contributed by atoms with Crippen molar-refractivity contribution in [2.24, 2.45) is 5.73 Å². The molecule has 2 N–H and O–H groups in total. The van der Waals surface area contributed by atoms with Gasteiger partial charge in [-0.2, -0.15) is 0 Å². The number of thiophene rings is 1. The molecule has 0 aliphatic heterocycles. The van der Waals surface area contributed by atoms with Gasteiger partial charge in [-0.25, -0.2) is 8.78 Å². The van der Waals surface area contributed by atoms with Crippen molar-refractivity contribution in [3.05, 3.63) is 52.9 Å². The largest absolute Gasteiger partial charge is 0.323 e. The fourth-order valence-electron chi connectivity index (χ4n) is 1.36. The number of thioether (sulfide) groups is 1. The summed E-state index contributed by atoms with van der Waals surface area (Å²) in [6.07, 6.45) is 0. The van der Waals surface area contributed by atoms with Crippen molar-refractivity contribution in [3.63, 3.8) is 0 Å². The quantitative estimate of drug-likeness (QED) is 0.856. The van der Waals surface area contributed by atoms with Gasteiger partial charge >= 0.3 is 0 Å². The normalized spacial score (nSPS) is 12.6. The maximum atomic E-state index is 13.0. The van der Waals surface area contributed by atoms with Crippen LogP contribution in [0.15, 0.2) is 39.9 Å². The number of halogens is 2. The topological polar surface area (TPSA) is 26.0 Å². The Kier molecular flexibility index (Phi) is 4.15. The summed E-state index contributed by atoms with van der Waals surface area (Å²) in [6.45, 7) is 0. The van der Waals surface area contributed by atoms with Crippen molar-refractivity contribution in [2.45, 2.75) is 10.3 Å². The average Bonchev–Trinajstić information content (AvgIpc) is 2.82. The molecule has 1 aromatic carbocycles. The molecular formula is C12H11F2NS2. The van der Waals surface area contributed by atoms with Crippen LogP contribution < -0.4 is 5.73 Å². The molecule has 17 heavy (non-hydrogen) atoms. The van der Waals surface area contributed by atoms with E-state index >= 15 is 0 Å². The first-order valence-corrected chi connectivity index (χ1v) is 6.90. The van der Waals surface area contributed by atoms with Gasteiger partial charge in [0.15, 0.2) is 11.6 Å². The van der Waals surface area contributed by atoms with E-state index in [1.807, 2.05) is 17.5 Å². The molecule has 5 heteroatoms. The highest BCUT2D eigenvalue weighted by atomic mass is 32.2. The summed E-state index contributed by atoms with van der Waals surface area (Å²) >= 11 is 3.26. The van der Waals surface area contributed by atoms with Crippen LogP contribution in [0.25, 0.3) is 0 Å². The molecule has 0 saturated carbocycles. The van der Waals surface area contributed by atoms with Gasteiger partial charge in [-0.1, -0.05) is 12.1 Å². The molecule has 0 saturated heterocycles. The summed E-state index contributed by atoms with van der Waals surface area (Å²) in [7, 11) is 0. The summed E-state index contributed by atoms with van der Waals surface area (Å²) in [6, 6.07) is 7.48. The van der Waals surface area contributed by atoms with E-state index in [4.69, 9.17) is 5.73 Å². The Morgan fingerprint density at radius 2 is 2.06 bits per heavy atom. The summed E-state index contributed by atoms with van der Waals surface area (Å²) in [5.41, 5.74) is 6.54. The van der Waals surface area contributed by atoms with E-state index in [1.54, 1.807) is 23.1 Å². The van der Waals surface area contributed by atoms with Gasteiger partial charge in [-0.05, 0) is 29.1 Å². The lowest BCUT2D eigenvalue weighted by molar-refractivity contribution is 0.506. The molecule has 0 bridgehead atoms. The summed E-state index contributed by atoms with van der Waals surface area (Å²) in [5, 5.41) is 1.99. The molecule has 1 aromatic heterocycles. The SMILES string of the molecule is NC(CSc1cccs1)c1ccc(F)c(F)c1. The van der Waals surface area contributed by atoms with Crippen molar-refractivity contribution in [1.82, 2.24) is 0 Å². The maximum Gasteiger partial charge on any atom is 0.159 e. The minimum absolute atomic E-state index is 0.294. The van der Waals surface area contributed by atoms with Crippen LogP contribution in [0.3, 0.4) is 0 Å². The van der Waals surface area contributed by atoms with Crippen LogP contribution in [0.5, 0.6) is 0 Å². The standard InChI is InChI=1S/C12H11F2NS2/c13-9-4-3-8(6-10(9)14)11(15)7-17-12-2-1-5-16-12/h1-6,11H,7,15H2. The summed E-state index contributed by atoms with van der Waals surface area (Å²) in [5.74, 6) is -1.04. The maximum absolute atomic E-state index is 13.0. The molecule has 0 aliphatic rings. The molecule has 1 nitrogen and oxygen atoms in total. The lowest BCUT2D eigenvalue weighted by Crippen LogP contribution is -2.13. The van der Waals surface area contributed by atoms with Crippen molar-refractivity contribution in [2.75, 3.05) is 5.75 Å². The minimum atomic E-state index is -0.848. The van der Waals surface area contributed by atoms with E-state index in [-0.39, 0.29) is 6.04 Å². The average molecular weight is 271 g/mol. The second-order valence-electron chi connectivity index (χ2n) is 3.52. The van der Waals surface area contributed by atoms with E-state index in [2.05, 4.69) is 0 Å². The van der Waals surface area contributed by atoms with Gasteiger partial charge < -0.3 is 5.73 Å². The molecule has 0 aliphatic carbocycles. The van der Waals surface area contributed by atoms with Gasteiger partial charge in [-0.3, -0.25) is 0 Å². The summed E-state index contributed by atoms with van der Waals surface area (Å²) < 4.78 is 26.9. The van der Waals surface area contributed by atoms with Crippen molar-refractivity contribution in [1.29, 1.82) is 0 Å². The Morgan fingerprint density at radius 3 is 2.71 bits per heavy atom. The predicted octanol–water partition coefficient (Wildman–Crippen LogP) is 3.82. The van der Waals surface area contributed by atoms with Crippen LogP contribution in [0, 0.1) is 11.6 Å². The molecule has 0 amide bonds. The molecule has 1 heterocycles. The molecule has 0 spiro atoms. The Bertz CT molecular complexity index is 485. The first-order valence-electron chi connectivity index (χ1n) is 5.03. The van der Waals surface area contributed by atoms with Crippen LogP contribution in [0.4, 0.5) is 8.78 Å². The molecular weight excluding hydrogens is 260 g/mol. The van der Waals surface area contributed by atoms with Crippen molar-refractivity contribution < 1.29 is 8.78 Å². The highest BCUT2D eigenvalue weighted by Gasteiger charge is 2.10. The molecule has 2 aromatic rings. The van der Waals surface area contributed by atoms with Crippen LogP contribution in [-0.2, 0) is 0 Å². The van der Waals surface area contributed by atoms with Gasteiger partial charge in [0.2, 0.25) is 0 Å². The monoisotopic (exact) mass is 271 g/mol. The van der Waals surface area contributed by atoms with E-state index in [1.165, 1.54) is 10.3 Å². The zero-order valence-electron chi connectivity index (χ0n) is 8.90. The number of hydrogen-bond donors (Lipinski definition) is 1. The third-order valence-corrected chi connectivity index (χ3v) is 4.52. The van der Waals surface area contributed by atoms with Gasteiger partial charge in [-0.15, -0.1) is 23.1 Å². The van der Waals surface area contributed by atoms with Crippen molar-refractivity contribution in [3.8, 4) is 0 Å². The van der Waals surface area contributed by atoms with E-state index in [0.717, 1.165) is 12.1 Å². The highest BCUT2D eigenvalue weighted by Crippen LogP contribution is 2.27. The second kappa shape index (κ2) is 5.62. The third kappa shape index (κ3) is 3.28. The Hall–Kier alpha value is -0.910. The van der Waals surface area contributed by atoms with Gasteiger partial charge in [0, 0.05) is 11.8 Å². The van der Waals surface area contributed by atoms with Gasteiger partial charge in [0.25, 0.3) is 0 Å². The lowest BCUT2D eigenvalue weighted by Gasteiger charge is -2.11. The molecule has 0 fully saturated rings. The number of nitrogens with two attached hydrogens (primary N) is 1. The Labute approximate surface area is 107 Å². The van der Waals surface area contributed by atoms with Crippen LogP contribution in [-0.4, -0.2) is 5.75 Å². The van der Waals surface area contributed by atoms with Gasteiger partial charge in [0.05, 0.1) is 4.21 Å². The highest BCUT2D eigenvalue weighted by molar-refractivity contribution is 8.01. The van der Waals surface area contributed by atoms with E-state index in [9.17, 15) is 8.78 Å². The second-order valence-corrected chi connectivity index (χ2v) is 5.79. The number of benzene rings is 1. The Balaban J connectivity index is 1.99. The van der Waals surface area contributed by atoms with E-state index < -0.39 is 11.6 Å². The number of hydrogen-bond acceptors (Lipinski definition) is 3. The molecule has 2 rings (SSSR count). The zero-order chi connectivity index (χ0) is 12.3. The third-order valence-electron chi connectivity index (χ3n) is 2.27. The van der Waals surface area contributed by atoms with Crippen LogP contribution in [0.2, 0.25) is 0 Å². The predicted molar refractivity (Wildman–Crippen MR) is 68.3 cm³/mol. The zero-order valence-corrected chi connectivity index (χ0v) is 10.5. The fraction of sp³-hybridized carbons (Fsp3) is 0.167. The van der Waals surface area contributed by atoms with Crippen LogP contribution in [0.1, 0.15) is 11.6 Å².